The van der Waals surface area contributed by atoms with E-state index in [1.54, 1.807) is 18.2 Å². The van der Waals surface area contributed by atoms with Gasteiger partial charge in [0.05, 0.1) is 10.0 Å². The number of carboxylic acid groups (broad SMARTS) is 1. The van der Waals surface area contributed by atoms with Gasteiger partial charge in [-0.1, -0.05) is 48.7 Å². The van der Waals surface area contributed by atoms with E-state index in [1.807, 2.05) is 6.92 Å². The number of aliphatic carboxylic acids is 1. The molecule has 4 nitrogen and oxygen atoms in total. The molecule has 1 aromatic carbocycles. The predicted molar refractivity (Wildman–Crippen MR) is 80.0 cm³/mol. The fourth-order valence-corrected chi connectivity index (χ4v) is 1.95. The van der Waals surface area contributed by atoms with Gasteiger partial charge in [0, 0.05) is 6.08 Å². The van der Waals surface area contributed by atoms with Crippen LogP contribution in [0.25, 0.3) is 6.08 Å². The summed E-state index contributed by atoms with van der Waals surface area (Å²) in [5, 5.41) is 12.1. The molecule has 0 aromatic heterocycles. The van der Waals surface area contributed by atoms with Gasteiger partial charge in [-0.15, -0.1) is 0 Å². The summed E-state index contributed by atoms with van der Waals surface area (Å²) in [4.78, 5) is 22.6. The van der Waals surface area contributed by atoms with E-state index < -0.39 is 17.9 Å². The van der Waals surface area contributed by atoms with E-state index in [9.17, 15) is 9.59 Å². The van der Waals surface area contributed by atoms with Gasteiger partial charge in [-0.05, 0) is 24.1 Å². The van der Waals surface area contributed by atoms with Crippen molar-refractivity contribution in [1.82, 2.24) is 5.32 Å². The van der Waals surface area contributed by atoms with Crippen molar-refractivity contribution in [3.63, 3.8) is 0 Å². The van der Waals surface area contributed by atoms with Crippen molar-refractivity contribution in [2.75, 3.05) is 0 Å². The summed E-state index contributed by atoms with van der Waals surface area (Å²) >= 11 is 11.8. The molecular weight excluding hydrogens is 301 g/mol. The Morgan fingerprint density at radius 1 is 1.40 bits per heavy atom. The Kier molecular flexibility index (Phi) is 6.55. The van der Waals surface area contributed by atoms with Gasteiger partial charge in [0.15, 0.2) is 0 Å². The summed E-state index contributed by atoms with van der Waals surface area (Å²) in [7, 11) is 0. The molecule has 6 heteroatoms. The van der Waals surface area contributed by atoms with Crippen LogP contribution in [0.15, 0.2) is 24.3 Å². The smallest absolute Gasteiger partial charge is 0.326 e. The summed E-state index contributed by atoms with van der Waals surface area (Å²) in [5.41, 5.74) is 0.594. The minimum Gasteiger partial charge on any atom is -0.480 e. The van der Waals surface area contributed by atoms with Crippen LogP contribution >= 0.6 is 23.2 Å². The molecule has 1 amide bonds. The van der Waals surface area contributed by atoms with Crippen LogP contribution in [0.1, 0.15) is 25.3 Å². The fourth-order valence-electron chi connectivity index (χ4n) is 1.58. The first-order chi connectivity index (χ1) is 9.45. The van der Waals surface area contributed by atoms with Gasteiger partial charge in [-0.2, -0.15) is 0 Å². The van der Waals surface area contributed by atoms with Crippen molar-refractivity contribution >= 4 is 41.2 Å². The third kappa shape index (κ3) is 4.87. The van der Waals surface area contributed by atoms with Crippen LogP contribution in [0.3, 0.4) is 0 Å². The second kappa shape index (κ2) is 7.92. The Bertz CT molecular complexity index is 529. The largest absolute Gasteiger partial charge is 0.480 e. The number of carboxylic acids is 1. The third-order valence-electron chi connectivity index (χ3n) is 2.59. The average molecular weight is 316 g/mol. The van der Waals surface area contributed by atoms with Gasteiger partial charge < -0.3 is 10.4 Å². The van der Waals surface area contributed by atoms with Crippen LogP contribution in [0.5, 0.6) is 0 Å². The lowest BCUT2D eigenvalue weighted by Gasteiger charge is -2.11. The normalized spacial score (nSPS) is 12.3. The number of rotatable bonds is 6. The highest BCUT2D eigenvalue weighted by molar-refractivity contribution is 6.42. The number of benzene rings is 1. The van der Waals surface area contributed by atoms with E-state index in [4.69, 9.17) is 28.3 Å². The Morgan fingerprint density at radius 2 is 2.10 bits per heavy atom. The molecule has 0 saturated carbocycles. The summed E-state index contributed by atoms with van der Waals surface area (Å²) in [5.74, 6) is -1.53. The maximum absolute atomic E-state index is 11.7. The Hall–Kier alpha value is -1.52. The molecule has 0 saturated heterocycles. The lowest BCUT2D eigenvalue weighted by molar-refractivity contribution is -0.141. The average Bonchev–Trinajstić information content (AvgIpc) is 2.40. The molecule has 1 aromatic rings. The predicted octanol–water partition coefficient (Wildman–Crippen LogP) is 3.38. The van der Waals surface area contributed by atoms with Crippen LogP contribution in [0.4, 0.5) is 0 Å². The van der Waals surface area contributed by atoms with Gasteiger partial charge in [0.25, 0.3) is 0 Å². The van der Waals surface area contributed by atoms with E-state index in [1.165, 1.54) is 12.2 Å². The zero-order chi connectivity index (χ0) is 15.1. The molecule has 0 aliphatic rings. The summed E-state index contributed by atoms with van der Waals surface area (Å²) in [6, 6.07) is 4.18. The molecule has 0 aliphatic heterocycles. The molecule has 108 valence electrons. The molecule has 1 atom stereocenters. The first kappa shape index (κ1) is 16.5. The first-order valence-corrected chi connectivity index (χ1v) is 6.86. The van der Waals surface area contributed by atoms with Crippen molar-refractivity contribution in [2.24, 2.45) is 0 Å². The number of hydrogen-bond donors (Lipinski definition) is 2. The Morgan fingerprint density at radius 3 is 2.70 bits per heavy atom. The molecular formula is C14H15Cl2NO3. The van der Waals surface area contributed by atoms with E-state index in [-0.39, 0.29) is 0 Å². The minimum atomic E-state index is -1.05. The standard InChI is InChI=1S/C14H15Cl2NO3/c1-2-4-11(14(19)20)17-12(18)8-7-9-5-3-6-10(15)13(9)16/h3,5-8,11H,2,4H2,1H3,(H,17,18)(H,19,20)/b8-7+. The molecule has 0 bridgehead atoms. The maximum Gasteiger partial charge on any atom is 0.326 e. The van der Waals surface area contributed by atoms with Crippen LogP contribution in [0, 0.1) is 0 Å². The van der Waals surface area contributed by atoms with Gasteiger partial charge in [0.1, 0.15) is 6.04 Å². The number of carbonyl (C=O) groups is 2. The van der Waals surface area contributed by atoms with E-state index in [0.717, 1.165) is 0 Å². The topological polar surface area (TPSA) is 66.4 Å². The Labute approximate surface area is 127 Å². The van der Waals surface area contributed by atoms with E-state index in [2.05, 4.69) is 5.32 Å². The Balaban J connectivity index is 2.72. The summed E-state index contributed by atoms with van der Waals surface area (Å²) < 4.78 is 0. The highest BCUT2D eigenvalue weighted by Crippen LogP contribution is 2.26. The quantitative estimate of drug-likeness (QED) is 0.791. The monoisotopic (exact) mass is 315 g/mol. The molecule has 1 unspecified atom stereocenters. The van der Waals surface area contributed by atoms with Crippen LogP contribution in [0.2, 0.25) is 10.0 Å². The van der Waals surface area contributed by atoms with Crippen molar-refractivity contribution in [1.29, 1.82) is 0 Å². The minimum absolute atomic E-state index is 0.349. The molecule has 1 rings (SSSR count). The zero-order valence-corrected chi connectivity index (χ0v) is 12.4. The number of halogens is 2. The molecule has 0 aliphatic carbocycles. The van der Waals surface area contributed by atoms with E-state index in [0.29, 0.717) is 28.5 Å². The van der Waals surface area contributed by atoms with Crippen LogP contribution in [-0.4, -0.2) is 23.0 Å². The highest BCUT2D eigenvalue weighted by Gasteiger charge is 2.17. The number of amides is 1. The maximum atomic E-state index is 11.7. The molecule has 0 spiro atoms. The second-order valence-corrected chi connectivity index (χ2v) is 4.95. The van der Waals surface area contributed by atoms with Crippen molar-refractivity contribution < 1.29 is 14.7 Å². The molecule has 0 fully saturated rings. The number of carbonyl (C=O) groups excluding carboxylic acids is 1. The molecule has 0 radical (unpaired) electrons. The van der Waals surface area contributed by atoms with Crippen molar-refractivity contribution in [3.8, 4) is 0 Å². The second-order valence-electron chi connectivity index (χ2n) is 4.16. The number of hydrogen-bond acceptors (Lipinski definition) is 2. The van der Waals surface area contributed by atoms with Crippen LogP contribution < -0.4 is 5.32 Å². The van der Waals surface area contributed by atoms with E-state index >= 15 is 0 Å². The number of nitrogens with one attached hydrogen (secondary N) is 1. The first-order valence-electron chi connectivity index (χ1n) is 6.11. The zero-order valence-electron chi connectivity index (χ0n) is 10.9. The van der Waals surface area contributed by atoms with Crippen molar-refractivity contribution in [3.05, 3.63) is 39.9 Å². The third-order valence-corrected chi connectivity index (χ3v) is 3.42. The van der Waals surface area contributed by atoms with Gasteiger partial charge >= 0.3 is 5.97 Å². The SMILES string of the molecule is CCCC(NC(=O)/C=C/c1cccc(Cl)c1Cl)C(=O)O. The molecule has 20 heavy (non-hydrogen) atoms. The van der Waals surface area contributed by atoms with Crippen LogP contribution in [-0.2, 0) is 9.59 Å². The summed E-state index contributed by atoms with van der Waals surface area (Å²) in [6.07, 6.45) is 3.78. The van der Waals surface area contributed by atoms with Gasteiger partial charge in [-0.3, -0.25) is 4.79 Å². The fraction of sp³-hybridized carbons (Fsp3) is 0.286. The van der Waals surface area contributed by atoms with Crippen molar-refractivity contribution in [2.45, 2.75) is 25.8 Å². The van der Waals surface area contributed by atoms with Gasteiger partial charge in [0.2, 0.25) is 5.91 Å². The molecule has 0 heterocycles. The highest BCUT2D eigenvalue weighted by atomic mass is 35.5. The lowest BCUT2D eigenvalue weighted by Crippen LogP contribution is -2.39. The molecule has 2 N–H and O–H groups in total. The van der Waals surface area contributed by atoms with Gasteiger partial charge in [-0.25, -0.2) is 4.79 Å². The summed E-state index contributed by atoms with van der Waals surface area (Å²) in [6.45, 7) is 1.85. The lowest BCUT2D eigenvalue weighted by atomic mass is 10.1.